The zero-order valence-corrected chi connectivity index (χ0v) is 17.2. The number of benzene rings is 2. The number of hydrogen-bond acceptors (Lipinski definition) is 6. The first kappa shape index (κ1) is 19.1. The van der Waals surface area contributed by atoms with E-state index in [0.717, 1.165) is 38.7 Å². The molecule has 0 saturated carbocycles. The van der Waals surface area contributed by atoms with Crippen LogP contribution in [-0.4, -0.2) is 50.3 Å². The summed E-state index contributed by atoms with van der Waals surface area (Å²) >= 11 is 1.61. The van der Waals surface area contributed by atoms with Crippen LogP contribution in [0.1, 0.15) is 5.56 Å². The molecule has 1 aromatic heterocycles. The number of morpholine rings is 1. The molecule has 0 spiro atoms. The quantitative estimate of drug-likeness (QED) is 0.630. The van der Waals surface area contributed by atoms with Gasteiger partial charge in [0.2, 0.25) is 0 Å². The van der Waals surface area contributed by atoms with Crippen molar-refractivity contribution >= 4 is 34.2 Å². The second-order valence-electron chi connectivity index (χ2n) is 7.17. The van der Waals surface area contributed by atoms with Gasteiger partial charge in [-0.25, -0.2) is 4.98 Å². The zero-order valence-electron chi connectivity index (χ0n) is 16.4. The van der Waals surface area contributed by atoms with Gasteiger partial charge in [-0.05, 0) is 41.1 Å². The van der Waals surface area contributed by atoms with E-state index in [1.165, 1.54) is 26.9 Å². The second kappa shape index (κ2) is 8.82. The molecule has 5 nitrogen and oxygen atoms in total. The summed E-state index contributed by atoms with van der Waals surface area (Å²) in [6, 6.07) is 17.1. The van der Waals surface area contributed by atoms with Gasteiger partial charge in [0.1, 0.15) is 5.82 Å². The summed E-state index contributed by atoms with van der Waals surface area (Å²) in [4.78, 5) is 10.3. The van der Waals surface area contributed by atoms with E-state index in [4.69, 9.17) is 4.74 Å². The van der Waals surface area contributed by atoms with Crippen molar-refractivity contribution in [2.24, 2.45) is 0 Å². The molecule has 0 radical (unpaired) electrons. The summed E-state index contributed by atoms with van der Waals surface area (Å²) in [6.45, 7) is 4.56. The van der Waals surface area contributed by atoms with Gasteiger partial charge in [-0.1, -0.05) is 30.3 Å². The lowest BCUT2D eigenvalue weighted by Crippen LogP contribution is -2.35. The molecule has 0 unspecified atom stereocenters. The molecule has 4 rings (SSSR count). The molecule has 1 saturated heterocycles. The Morgan fingerprint density at radius 2 is 1.82 bits per heavy atom. The maximum Gasteiger partial charge on any atom is 0.136 e. The molecule has 1 aliphatic rings. The molecule has 6 heteroatoms. The lowest BCUT2D eigenvalue weighted by atomic mass is 10.1. The average molecular weight is 395 g/mol. The highest BCUT2D eigenvalue weighted by molar-refractivity contribution is 8.00. The monoisotopic (exact) mass is 394 g/mol. The first-order valence-electron chi connectivity index (χ1n) is 9.58. The third kappa shape index (κ3) is 4.41. The van der Waals surface area contributed by atoms with Crippen LogP contribution < -0.4 is 9.62 Å². The third-order valence-electron chi connectivity index (χ3n) is 4.94. The zero-order chi connectivity index (χ0) is 19.3. The van der Waals surface area contributed by atoms with E-state index < -0.39 is 0 Å². The summed E-state index contributed by atoms with van der Waals surface area (Å²) in [6.07, 6.45) is 1.96. The van der Waals surface area contributed by atoms with Crippen molar-refractivity contribution in [3.8, 4) is 0 Å². The number of pyridine rings is 1. The summed E-state index contributed by atoms with van der Waals surface area (Å²) < 4.78 is 8.80. The fourth-order valence-corrected chi connectivity index (χ4v) is 4.22. The normalized spacial score (nSPS) is 14.9. The molecule has 28 heavy (non-hydrogen) atoms. The average Bonchev–Trinajstić information content (AvgIpc) is 2.73. The van der Waals surface area contributed by atoms with Crippen LogP contribution in [0.3, 0.4) is 0 Å². The van der Waals surface area contributed by atoms with E-state index in [0.29, 0.717) is 0 Å². The SMILES string of the molecule is CN(C)c1cccc2c(SNc3ccc(CN4CCOCC4)cn3)cccc12. The number of fused-ring (bicyclic) bond motifs is 1. The standard InChI is InChI=1S/C22H26N4OS/c1-25(2)20-7-3-6-19-18(20)5-4-8-21(19)28-24-22-10-9-17(15-23-22)16-26-11-13-27-14-12-26/h3-10,15H,11-14,16H2,1-2H3,(H,23,24). The van der Waals surface area contributed by atoms with Gasteiger partial charge >= 0.3 is 0 Å². The summed E-state index contributed by atoms with van der Waals surface area (Å²) in [5.74, 6) is 0.872. The second-order valence-corrected chi connectivity index (χ2v) is 8.02. The summed E-state index contributed by atoms with van der Waals surface area (Å²) in [7, 11) is 4.16. The van der Waals surface area contributed by atoms with Gasteiger partial charge in [-0.2, -0.15) is 0 Å². The predicted molar refractivity (Wildman–Crippen MR) is 118 cm³/mol. The Hall–Kier alpha value is -2.28. The topological polar surface area (TPSA) is 40.6 Å². The van der Waals surface area contributed by atoms with Crippen molar-refractivity contribution in [1.82, 2.24) is 9.88 Å². The first-order valence-corrected chi connectivity index (χ1v) is 10.4. The lowest BCUT2D eigenvalue weighted by molar-refractivity contribution is 0.0341. The Morgan fingerprint density at radius 3 is 2.57 bits per heavy atom. The minimum atomic E-state index is 0.824. The van der Waals surface area contributed by atoms with E-state index in [-0.39, 0.29) is 0 Å². The maximum atomic E-state index is 5.41. The van der Waals surface area contributed by atoms with Gasteiger partial charge in [0.05, 0.1) is 13.2 Å². The van der Waals surface area contributed by atoms with Crippen molar-refractivity contribution in [3.05, 3.63) is 60.3 Å². The Labute approximate surface area is 170 Å². The minimum Gasteiger partial charge on any atom is -0.379 e. The van der Waals surface area contributed by atoms with Gasteiger partial charge in [0.25, 0.3) is 0 Å². The third-order valence-corrected chi connectivity index (χ3v) is 5.83. The van der Waals surface area contributed by atoms with E-state index in [1.807, 2.05) is 6.20 Å². The molecule has 2 aromatic carbocycles. The number of ether oxygens (including phenoxy) is 1. The van der Waals surface area contributed by atoms with Crippen molar-refractivity contribution in [1.29, 1.82) is 0 Å². The van der Waals surface area contributed by atoms with Gasteiger partial charge in [0, 0.05) is 55.9 Å². The van der Waals surface area contributed by atoms with Crippen molar-refractivity contribution in [3.63, 3.8) is 0 Å². The summed E-state index contributed by atoms with van der Waals surface area (Å²) in [5, 5.41) is 2.50. The molecular weight excluding hydrogens is 368 g/mol. The Bertz CT molecular complexity index is 923. The number of anilines is 2. The molecular formula is C22H26N4OS. The van der Waals surface area contributed by atoms with Crippen LogP contribution >= 0.6 is 11.9 Å². The number of rotatable bonds is 6. The van der Waals surface area contributed by atoms with Crippen LogP contribution in [0.15, 0.2) is 59.6 Å². The first-order chi connectivity index (χ1) is 13.7. The van der Waals surface area contributed by atoms with Crippen LogP contribution in [0.5, 0.6) is 0 Å². The maximum absolute atomic E-state index is 5.41. The largest absolute Gasteiger partial charge is 0.379 e. The van der Waals surface area contributed by atoms with Crippen LogP contribution in [0.4, 0.5) is 11.5 Å². The molecule has 1 N–H and O–H groups in total. The predicted octanol–water partition coefficient (Wildman–Crippen LogP) is 4.25. The molecule has 3 aromatic rings. The fraction of sp³-hybridized carbons (Fsp3) is 0.318. The van der Waals surface area contributed by atoms with Crippen LogP contribution in [-0.2, 0) is 11.3 Å². The number of nitrogens with zero attached hydrogens (tertiary/aromatic N) is 3. The fourth-order valence-electron chi connectivity index (χ4n) is 3.45. The van der Waals surface area contributed by atoms with Gasteiger partial charge in [-0.3, -0.25) is 4.90 Å². The molecule has 1 aliphatic heterocycles. The van der Waals surface area contributed by atoms with E-state index in [9.17, 15) is 0 Å². The number of hydrogen-bond donors (Lipinski definition) is 1. The smallest absolute Gasteiger partial charge is 0.136 e. The van der Waals surface area contributed by atoms with Crippen molar-refractivity contribution in [2.75, 3.05) is 50.0 Å². The minimum absolute atomic E-state index is 0.824. The van der Waals surface area contributed by atoms with Crippen molar-refractivity contribution in [2.45, 2.75) is 11.4 Å². The van der Waals surface area contributed by atoms with E-state index in [1.54, 1.807) is 11.9 Å². The van der Waals surface area contributed by atoms with E-state index >= 15 is 0 Å². The number of nitrogens with one attached hydrogen (secondary N) is 1. The molecule has 2 heterocycles. The highest BCUT2D eigenvalue weighted by atomic mass is 32.2. The highest BCUT2D eigenvalue weighted by Crippen LogP contribution is 2.33. The highest BCUT2D eigenvalue weighted by Gasteiger charge is 2.11. The Balaban J connectivity index is 1.44. The molecule has 0 amide bonds. The Morgan fingerprint density at radius 1 is 1.04 bits per heavy atom. The molecule has 146 valence electrons. The van der Waals surface area contributed by atoms with Crippen LogP contribution in [0, 0.1) is 0 Å². The van der Waals surface area contributed by atoms with Gasteiger partial charge in [-0.15, -0.1) is 0 Å². The number of aromatic nitrogens is 1. The van der Waals surface area contributed by atoms with Gasteiger partial charge in [0.15, 0.2) is 0 Å². The van der Waals surface area contributed by atoms with Gasteiger partial charge < -0.3 is 14.4 Å². The van der Waals surface area contributed by atoms with Crippen LogP contribution in [0.2, 0.25) is 0 Å². The molecule has 0 bridgehead atoms. The summed E-state index contributed by atoms with van der Waals surface area (Å²) in [5.41, 5.74) is 2.46. The lowest BCUT2D eigenvalue weighted by Gasteiger charge is -2.26. The van der Waals surface area contributed by atoms with E-state index in [2.05, 4.69) is 82.1 Å². The molecule has 1 fully saturated rings. The molecule has 0 atom stereocenters. The van der Waals surface area contributed by atoms with Crippen molar-refractivity contribution < 1.29 is 4.74 Å². The molecule has 0 aliphatic carbocycles. The Kier molecular flexibility index (Phi) is 6.00. The van der Waals surface area contributed by atoms with Crippen LogP contribution in [0.25, 0.3) is 10.8 Å².